The molecule has 0 bridgehead atoms. The van der Waals surface area contributed by atoms with E-state index in [4.69, 9.17) is 4.42 Å². The molecule has 0 N–H and O–H groups in total. The molecule has 0 spiro atoms. The van der Waals surface area contributed by atoms with Crippen LogP contribution in [-0.2, 0) is 0 Å². The lowest BCUT2D eigenvalue weighted by atomic mass is 9.96. The van der Waals surface area contributed by atoms with Gasteiger partial charge in [-0.3, -0.25) is 0 Å². The van der Waals surface area contributed by atoms with Crippen LogP contribution in [0.25, 0.3) is 43.3 Å². The summed E-state index contributed by atoms with van der Waals surface area (Å²) >= 11 is 0. The Hall–Kier alpha value is -2.80. The van der Waals surface area contributed by atoms with Gasteiger partial charge in [-0.25, -0.2) is 0 Å². The molecule has 0 aliphatic rings. The number of furan rings is 1. The topological polar surface area (TPSA) is 13.1 Å². The molecule has 0 amide bonds. The molecule has 98 valence electrons. The van der Waals surface area contributed by atoms with E-state index < -0.39 is 0 Å². The molecule has 0 aliphatic heterocycles. The predicted molar refractivity (Wildman–Crippen MR) is 88.7 cm³/mol. The first-order chi connectivity index (χ1) is 10.4. The minimum Gasteiger partial charge on any atom is -0.464 e. The van der Waals surface area contributed by atoms with E-state index in [1.165, 1.54) is 32.3 Å². The molecule has 0 atom stereocenters. The Morgan fingerprint density at radius 1 is 0.524 bits per heavy atom. The third-order valence-electron chi connectivity index (χ3n) is 4.32. The van der Waals surface area contributed by atoms with Crippen molar-refractivity contribution in [3.05, 3.63) is 73.0 Å². The zero-order valence-corrected chi connectivity index (χ0v) is 11.3. The number of fused-ring (bicyclic) bond motifs is 7. The van der Waals surface area contributed by atoms with Gasteiger partial charge in [0.2, 0.25) is 0 Å². The quantitative estimate of drug-likeness (QED) is 0.319. The van der Waals surface area contributed by atoms with Gasteiger partial charge in [-0.05, 0) is 39.1 Å². The van der Waals surface area contributed by atoms with Gasteiger partial charge in [0.25, 0.3) is 0 Å². The summed E-state index contributed by atoms with van der Waals surface area (Å²) in [5.74, 6) is 0. The Morgan fingerprint density at radius 2 is 1.29 bits per heavy atom. The van der Waals surface area contributed by atoms with Gasteiger partial charge < -0.3 is 4.42 Å². The van der Waals surface area contributed by atoms with Gasteiger partial charge in [-0.15, -0.1) is 0 Å². The highest BCUT2D eigenvalue weighted by Crippen LogP contribution is 2.35. The highest BCUT2D eigenvalue weighted by Gasteiger charge is 2.08. The first-order valence-corrected chi connectivity index (χ1v) is 7.12. The van der Waals surface area contributed by atoms with Crippen molar-refractivity contribution in [1.82, 2.24) is 0 Å². The van der Waals surface area contributed by atoms with Crippen LogP contribution in [0.5, 0.6) is 0 Å². The van der Waals surface area contributed by atoms with Crippen molar-refractivity contribution in [3.8, 4) is 0 Å². The third kappa shape index (κ3) is 1.40. The fourth-order valence-corrected chi connectivity index (χ4v) is 3.34. The van der Waals surface area contributed by atoms with Gasteiger partial charge in [0, 0.05) is 10.8 Å². The Kier molecular flexibility index (Phi) is 2.01. The second-order valence-corrected chi connectivity index (χ2v) is 5.45. The summed E-state index contributed by atoms with van der Waals surface area (Å²) in [6.07, 6.45) is 1.76. The van der Waals surface area contributed by atoms with Gasteiger partial charge in [-0.1, -0.05) is 54.6 Å². The largest absolute Gasteiger partial charge is 0.464 e. The molecule has 1 aromatic heterocycles. The van der Waals surface area contributed by atoms with Crippen molar-refractivity contribution in [3.63, 3.8) is 0 Å². The lowest BCUT2D eigenvalue weighted by Gasteiger charge is -2.08. The van der Waals surface area contributed by atoms with E-state index in [-0.39, 0.29) is 0 Å². The van der Waals surface area contributed by atoms with Crippen LogP contribution in [0.4, 0.5) is 0 Å². The van der Waals surface area contributed by atoms with Gasteiger partial charge >= 0.3 is 0 Å². The molecule has 1 heterocycles. The highest BCUT2D eigenvalue weighted by atomic mass is 16.3. The maximum absolute atomic E-state index is 5.69. The summed E-state index contributed by atoms with van der Waals surface area (Å²) in [6.45, 7) is 0. The summed E-state index contributed by atoms with van der Waals surface area (Å²) in [5, 5.41) is 8.75. The number of hydrogen-bond donors (Lipinski definition) is 0. The average Bonchev–Trinajstić information content (AvgIpc) is 3.03. The zero-order valence-electron chi connectivity index (χ0n) is 11.3. The maximum Gasteiger partial charge on any atom is 0.141 e. The average molecular weight is 268 g/mol. The molecule has 21 heavy (non-hydrogen) atoms. The highest BCUT2D eigenvalue weighted by molar-refractivity contribution is 6.23. The molecule has 0 saturated carbocycles. The molecule has 0 saturated heterocycles. The van der Waals surface area contributed by atoms with Crippen LogP contribution in [-0.4, -0.2) is 0 Å². The molecular weight excluding hydrogens is 256 g/mol. The van der Waals surface area contributed by atoms with E-state index in [2.05, 4.69) is 60.7 Å². The van der Waals surface area contributed by atoms with Crippen LogP contribution in [0.3, 0.4) is 0 Å². The van der Waals surface area contributed by atoms with E-state index in [0.717, 1.165) is 11.0 Å². The monoisotopic (exact) mass is 268 g/mol. The van der Waals surface area contributed by atoms with Crippen molar-refractivity contribution in [2.24, 2.45) is 0 Å². The molecular formula is C20H12O. The van der Waals surface area contributed by atoms with Crippen LogP contribution in [0.1, 0.15) is 0 Å². The Balaban J connectivity index is 2.14. The first kappa shape index (κ1) is 10.9. The Morgan fingerprint density at radius 3 is 2.29 bits per heavy atom. The van der Waals surface area contributed by atoms with Crippen LogP contribution in [0.2, 0.25) is 0 Å². The molecule has 1 heteroatoms. The summed E-state index contributed by atoms with van der Waals surface area (Å²) < 4.78 is 5.69. The van der Waals surface area contributed by atoms with Crippen LogP contribution < -0.4 is 0 Å². The van der Waals surface area contributed by atoms with E-state index in [1.54, 1.807) is 6.26 Å². The minimum atomic E-state index is 0.974. The Bertz CT molecular complexity index is 1130. The number of hydrogen-bond acceptors (Lipinski definition) is 1. The molecule has 0 aliphatic carbocycles. The van der Waals surface area contributed by atoms with Gasteiger partial charge in [0.1, 0.15) is 5.58 Å². The van der Waals surface area contributed by atoms with E-state index in [9.17, 15) is 0 Å². The molecule has 5 aromatic rings. The maximum atomic E-state index is 5.69. The molecule has 1 nitrogen and oxygen atoms in total. The lowest BCUT2D eigenvalue weighted by molar-refractivity contribution is 0.619. The van der Waals surface area contributed by atoms with Crippen molar-refractivity contribution in [1.29, 1.82) is 0 Å². The van der Waals surface area contributed by atoms with Crippen molar-refractivity contribution in [2.45, 2.75) is 0 Å². The van der Waals surface area contributed by atoms with Gasteiger partial charge in [0.15, 0.2) is 0 Å². The minimum absolute atomic E-state index is 0.974. The van der Waals surface area contributed by atoms with E-state index in [1.807, 2.05) is 6.07 Å². The van der Waals surface area contributed by atoms with Gasteiger partial charge in [0.05, 0.1) is 6.26 Å². The van der Waals surface area contributed by atoms with Crippen molar-refractivity contribution >= 4 is 43.3 Å². The molecule has 5 rings (SSSR count). The smallest absolute Gasteiger partial charge is 0.141 e. The molecule has 4 aromatic carbocycles. The van der Waals surface area contributed by atoms with Crippen LogP contribution in [0, 0.1) is 0 Å². The SMILES string of the molecule is c1ccc2c(c1)ccc1ccc3c(ccc4ccoc43)c12. The standard InChI is InChI=1S/C20H12O/c1-2-4-16-13(3-1)5-6-14-7-10-18-17(19(14)16)9-8-15-11-12-21-20(15)18/h1-12H. The van der Waals surface area contributed by atoms with E-state index >= 15 is 0 Å². The second kappa shape index (κ2) is 3.86. The van der Waals surface area contributed by atoms with Crippen molar-refractivity contribution in [2.75, 3.05) is 0 Å². The molecule has 0 radical (unpaired) electrons. The summed E-state index contributed by atoms with van der Waals surface area (Å²) in [6, 6.07) is 23.7. The normalized spacial score (nSPS) is 11.8. The molecule has 0 unspecified atom stereocenters. The first-order valence-electron chi connectivity index (χ1n) is 7.12. The molecule has 0 fully saturated rings. The van der Waals surface area contributed by atoms with Crippen molar-refractivity contribution < 1.29 is 4.42 Å². The summed E-state index contributed by atoms with van der Waals surface area (Å²) in [5.41, 5.74) is 0.974. The second-order valence-electron chi connectivity index (χ2n) is 5.45. The zero-order chi connectivity index (χ0) is 13.8. The lowest BCUT2D eigenvalue weighted by Crippen LogP contribution is -1.81. The Labute approximate surface area is 121 Å². The van der Waals surface area contributed by atoms with E-state index in [0.29, 0.717) is 0 Å². The number of benzene rings is 4. The third-order valence-corrected chi connectivity index (χ3v) is 4.32. The van der Waals surface area contributed by atoms with Crippen LogP contribution >= 0.6 is 0 Å². The summed E-state index contributed by atoms with van der Waals surface area (Å²) in [7, 11) is 0. The fourth-order valence-electron chi connectivity index (χ4n) is 3.34. The van der Waals surface area contributed by atoms with Gasteiger partial charge in [-0.2, -0.15) is 0 Å². The fraction of sp³-hybridized carbons (Fsp3) is 0. The number of rotatable bonds is 0. The van der Waals surface area contributed by atoms with Crippen LogP contribution in [0.15, 0.2) is 77.4 Å². The predicted octanol–water partition coefficient (Wildman–Crippen LogP) is 5.89. The summed E-state index contributed by atoms with van der Waals surface area (Å²) in [4.78, 5) is 0.